The van der Waals surface area contributed by atoms with Gasteiger partial charge in [-0.15, -0.1) is 11.3 Å². The molecule has 71 heavy (non-hydrogen) atoms. The van der Waals surface area contributed by atoms with E-state index in [2.05, 4.69) is 36.2 Å². The topological polar surface area (TPSA) is 235 Å². The first kappa shape index (κ1) is 51.5. The minimum atomic E-state index is -1.07. The number of fused-ring (bicyclic) bond motifs is 1. The lowest BCUT2D eigenvalue weighted by molar-refractivity contribution is -0.144. The van der Waals surface area contributed by atoms with E-state index in [-0.39, 0.29) is 80.0 Å². The Morgan fingerprint density at radius 2 is 1.66 bits per heavy atom. The maximum atomic E-state index is 15.8. The number of hydrogen-bond acceptors (Lipinski definition) is 13. The highest BCUT2D eigenvalue weighted by Gasteiger charge is 2.44. The number of ether oxygens (including phenoxy) is 1. The number of carbonyl (C=O) groups excluding carboxylic acids is 5. The number of likely N-dealkylation sites (tertiary alicyclic amines) is 1. The van der Waals surface area contributed by atoms with Crippen LogP contribution in [0.5, 0.6) is 11.8 Å². The molecule has 17 nitrogen and oxygen atoms in total. The van der Waals surface area contributed by atoms with Crippen LogP contribution in [0, 0.1) is 25.1 Å². The fraction of sp³-hybridized carbons (Fsp3) is 0.365. The van der Waals surface area contributed by atoms with E-state index in [9.17, 15) is 33.9 Å². The van der Waals surface area contributed by atoms with E-state index in [0.717, 1.165) is 21.7 Å². The summed E-state index contributed by atoms with van der Waals surface area (Å²) in [5, 5.41) is 22.3. The molecule has 6 aromatic rings. The third kappa shape index (κ3) is 12.9. The first-order valence-electron chi connectivity index (χ1n) is 23.3. The van der Waals surface area contributed by atoms with E-state index in [1.165, 1.54) is 29.4 Å². The summed E-state index contributed by atoms with van der Waals surface area (Å²) in [7, 11) is 0. The predicted octanol–water partition coefficient (Wildman–Crippen LogP) is 6.83. The minimum absolute atomic E-state index is 0.0325. The molecule has 4 heterocycles. The van der Waals surface area contributed by atoms with Crippen molar-refractivity contribution in [2.45, 2.75) is 104 Å². The van der Waals surface area contributed by atoms with Crippen LogP contribution >= 0.6 is 11.3 Å². The third-order valence-electron chi connectivity index (χ3n) is 12.3. The van der Waals surface area contributed by atoms with Gasteiger partial charge in [-0.3, -0.25) is 24.0 Å². The second kappa shape index (κ2) is 22.6. The summed E-state index contributed by atoms with van der Waals surface area (Å²) in [6.45, 7) is 10.9. The van der Waals surface area contributed by atoms with E-state index < -0.39 is 70.6 Å². The number of hydrogen-bond donors (Lipinski definition) is 5. The average Bonchev–Trinajstić information content (AvgIpc) is 3.96. The van der Waals surface area contributed by atoms with Gasteiger partial charge in [-0.1, -0.05) is 57.2 Å². The van der Waals surface area contributed by atoms with Crippen molar-refractivity contribution in [3.05, 3.63) is 129 Å². The zero-order valence-electron chi connectivity index (χ0n) is 40.3. The van der Waals surface area contributed by atoms with Crippen molar-refractivity contribution in [3.63, 3.8) is 0 Å². The number of aromatic nitrogens is 3. The Balaban J connectivity index is 0.854. The molecule has 0 spiro atoms. The molecule has 4 atom stereocenters. The molecule has 1 aliphatic heterocycles. The predicted molar refractivity (Wildman–Crippen MR) is 265 cm³/mol. The number of anilines is 1. The molecule has 0 aliphatic carbocycles. The Hall–Kier alpha value is -7.38. The number of nitrogens with one attached hydrogen (secondary N) is 4. The Bertz CT molecular complexity index is 2980. The number of halogens is 1. The summed E-state index contributed by atoms with van der Waals surface area (Å²) in [6.07, 6.45) is 1.77. The van der Waals surface area contributed by atoms with Gasteiger partial charge in [0.2, 0.25) is 29.5 Å². The summed E-state index contributed by atoms with van der Waals surface area (Å²) in [6, 6.07) is 16.6. The highest BCUT2D eigenvalue weighted by Crippen LogP contribution is 2.31. The first-order chi connectivity index (χ1) is 33.9. The summed E-state index contributed by atoms with van der Waals surface area (Å²) in [4.78, 5) is 94.4. The van der Waals surface area contributed by atoms with Gasteiger partial charge in [0.15, 0.2) is 0 Å². The van der Waals surface area contributed by atoms with E-state index in [1.807, 2.05) is 38.1 Å². The maximum Gasteiger partial charge on any atom is 0.340 e. The van der Waals surface area contributed by atoms with Crippen molar-refractivity contribution in [1.82, 2.24) is 35.8 Å². The van der Waals surface area contributed by atoms with Crippen LogP contribution in [-0.2, 0) is 30.4 Å². The molecular formula is C52H57FN8O9S. The molecule has 1 fully saturated rings. The maximum absolute atomic E-state index is 15.8. The number of carbonyl (C=O) groups is 5. The molecule has 372 valence electrons. The largest absolute Gasteiger partial charge is 0.424 e. The monoisotopic (exact) mass is 988 g/mol. The number of aliphatic hydroxyl groups excluding tert-OH is 1. The fourth-order valence-electron chi connectivity index (χ4n) is 8.34. The molecule has 19 heteroatoms. The van der Waals surface area contributed by atoms with Crippen molar-refractivity contribution in [3.8, 4) is 22.2 Å². The number of aryl methyl sites for hydroxylation is 2. The van der Waals surface area contributed by atoms with Gasteiger partial charge < -0.3 is 40.4 Å². The lowest BCUT2D eigenvalue weighted by Crippen LogP contribution is -2.57. The molecule has 0 saturated carbocycles. The van der Waals surface area contributed by atoms with Crippen molar-refractivity contribution >= 4 is 57.5 Å². The van der Waals surface area contributed by atoms with Gasteiger partial charge in [0.1, 0.15) is 29.2 Å². The highest BCUT2D eigenvalue weighted by molar-refractivity contribution is 7.13. The van der Waals surface area contributed by atoms with Crippen LogP contribution in [0.25, 0.3) is 21.4 Å². The van der Waals surface area contributed by atoms with E-state index >= 15 is 4.39 Å². The second-order valence-corrected chi connectivity index (χ2v) is 19.5. The fourth-order valence-corrected chi connectivity index (χ4v) is 9.15. The zero-order valence-corrected chi connectivity index (χ0v) is 41.2. The van der Waals surface area contributed by atoms with Crippen LogP contribution in [0.15, 0.2) is 93.8 Å². The molecular weight excluding hydrogens is 932 g/mol. The Labute approximate surface area is 413 Å². The van der Waals surface area contributed by atoms with Gasteiger partial charge in [0, 0.05) is 74.6 Å². The van der Waals surface area contributed by atoms with E-state index in [1.54, 1.807) is 74.9 Å². The van der Waals surface area contributed by atoms with Crippen LogP contribution in [0.4, 0.5) is 10.1 Å². The Kier molecular flexibility index (Phi) is 16.4. The van der Waals surface area contributed by atoms with Gasteiger partial charge in [0.25, 0.3) is 0 Å². The molecule has 3 aromatic carbocycles. The van der Waals surface area contributed by atoms with Crippen molar-refractivity contribution in [2.75, 3.05) is 18.4 Å². The van der Waals surface area contributed by atoms with Crippen LogP contribution in [0.1, 0.15) is 93.8 Å². The first-order valence-corrected chi connectivity index (χ1v) is 24.2. The van der Waals surface area contributed by atoms with Crippen LogP contribution in [-0.4, -0.2) is 85.8 Å². The van der Waals surface area contributed by atoms with Gasteiger partial charge in [0.05, 0.1) is 33.9 Å². The van der Waals surface area contributed by atoms with Gasteiger partial charge in [-0.25, -0.2) is 24.1 Å². The molecule has 5 amide bonds. The van der Waals surface area contributed by atoms with Crippen molar-refractivity contribution in [1.29, 1.82) is 0 Å². The summed E-state index contributed by atoms with van der Waals surface area (Å²) < 4.78 is 27.0. The molecule has 7 rings (SSSR count). The van der Waals surface area contributed by atoms with Crippen molar-refractivity contribution < 1.29 is 42.6 Å². The number of thiazole rings is 1. The Morgan fingerprint density at radius 1 is 0.930 bits per heavy atom. The third-order valence-corrected chi connectivity index (χ3v) is 13.2. The van der Waals surface area contributed by atoms with Gasteiger partial charge in [-0.2, -0.15) is 0 Å². The molecule has 1 aliphatic rings. The smallest absolute Gasteiger partial charge is 0.340 e. The molecule has 0 bridgehead atoms. The minimum Gasteiger partial charge on any atom is -0.424 e. The zero-order chi connectivity index (χ0) is 51.0. The number of aliphatic hydroxyl groups is 1. The summed E-state index contributed by atoms with van der Waals surface area (Å²) in [5.74, 6) is -2.81. The Morgan fingerprint density at radius 3 is 2.37 bits per heavy atom. The molecule has 0 unspecified atom stereocenters. The highest BCUT2D eigenvalue weighted by atomic mass is 32.1. The normalized spacial score (nSPS) is 15.5. The summed E-state index contributed by atoms with van der Waals surface area (Å²) in [5.41, 5.74) is 4.38. The molecule has 3 aromatic heterocycles. The average molecular weight is 989 g/mol. The van der Waals surface area contributed by atoms with Crippen LogP contribution < -0.4 is 31.6 Å². The number of amides is 5. The standard InChI is InChI=1S/C52H57FN8O9S/c1-29-37-18-17-36(69-51-55-22-9-23-56-51)26-41(37)70-50(68)38(29)24-34-10-7-11-39(45(34)53)59-43(64)12-8-21-54-42(63)19-20-44(65)60-47(52(4,5)6)49(67)61-27-35(62)25-40(61)48(66)58-30(2)32-13-15-33(16-14-32)46-31(3)57-28-71-46/h7,9-11,13-18,22-23,26,28,30,35,40,47,62H,8,12,19-21,24-25,27H2,1-6H3,(H,54,63)(H,58,66)(H,59,64)(H,60,65)/t30-,35+,40-,47+/m0/s1. The molecule has 0 radical (unpaired) electrons. The van der Waals surface area contributed by atoms with Gasteiger partial charge >= 0.3 is 11.6 Å². The number of nitrogens with zero attached hydrogens (tertiary/aromatic N) is 4. The number of rotatable bonds is 18. The van der Waals surface area contributed by atoms with Gasteiger partial charge in [-0.05, 0) is 79.1 Å². The number of benzene rings is 3. The SMILES string of the molecule is Cc1ncsc1-c1ccc([C@H](C)NC(=O)[C@@H]2C[C@@H](O)CN2C(=O)[C@@H](NC(=O)CCC(=O)NCCCC(=O)Nc2cccc(Cc3c(C)c4ccc(Oc5ncccn5)cc4oc3=O)c2F)C(C)(C)C)cc1. The second-order valence-electron chi connectivity index (χ2n) is 18.6. The molecule has 1 saturated heterocycles. The summed E-state index contributed by atoms with van der Waals surface area (Å²) >= 11 is 1.55. The van der Waals surface area contributed by atoms with Crippen molar-refractivity contribution in [2.24, 2.45) is 5.41 Å². The lowest BCUT2D eigenvalue weighted by Gasteiger charge is -2.35. The molecule has 5 N–H and O–H groups in total. The quantitative estimate of drug-likeness (QED) is 0.0440. The van der Waals surface area contributed by atoms with Crippen LogP contribution in [0.3, 0.4) is 0 Å². The number of β-amino-alcohol motifs (C(OH)–C–C–N with tert-alkyl or cyclic N) is 1. The van der Waals surface area contributed by atoms with E-state index in [0.29, 0.717) is 16.7 Å². The lowest BCUT2D eigenvalue weighted by atomic mass is 9.85. The van der Waals surface area contributed by atoms with Crippen LogP contribution in [0.2, 0.25) is 0 Å². The van der Waals surface area contributed by atoms with E-state index in [4.69, 9.17) is 9.15 Å².